The number of imidazole rings is 1. The molecule has 0 aliphatic heterocycles. The van der Waals surface area contributed by atoms with E-state index >= 15 is 0 Å². The number of nitrogens with one attached hydrogen (secondary N) is 4. The quantitative estimate of drug-likeness (QED) is 0.124. The molecule has 0 aromatic carbocycles. The van der Waals surface area contributed by atoms with Crippen LogP contribution in [0.2, 0.25) is 0 Å². The fourth-order valence-electron chi connectivity index (χ4n) is 2.53. The summed E-state index contributed by atoms with van der Waals surface area (Å²) in [6, 6.07) is -6.29. The average Bonchev–Trinajstić information content (AvgIpc) is 3.22. The van der Waals surface area contributed by atoms with E-state index in [4.69, 9.17) is 21.7 Å². The van der Waals surface area contributed by atoms with E-state index in [2.05, 4.69) is 15.3 Å². The number of aliphatic carboxylic acids is 2. The second kappa shape index (κ2) is 12.7. The van der Waals surface area contributed by atoms with Gasteiger partial charge in [-0.1, -0.05) is 0 Å². The number of amides is 4. The number of rotatable bonds is 14. The maximum atomic E-state index is 12.4. The van der Waals surface area contributed by atoms with Crippen LogP contribution in [-0.2, 0) is 35.2 Å². The van der Waals surface area contributed by atoms with Crippen molar-refractivity contribution in [2.24, 2.45) is 11.5 Å². The van der Waals surface area contributed by atoms with Crippen LogP contribution in [-0.4, -0.2) is 91.6 Å². The van der Waals surface area contributed by atoms with Crippen molar-refractivity contribution in [2.75, 3.05) is 6.61 Å². The lowest BCUT2D eigenvalue weighted by Crippen LogP contribution is -2.58. The molecule has 0 bridgehead atoms. The Morgan fingerprint density at radius 3 is 2.00 bits per heavy atom. The zero-order chi connectivity index (χ0) is 25.1. The van der Waals surface area contributed by atoms with Crippen LogP contribution in [0.3, 0.4) is 0 Å². The van der Waals surface area contributed by atoms with Crippen LogP contribution < -0.4 is 27.4 Å². The molecular formula is C17H25N7O9. The highest BCUT2D eigenvalue weighted by Crippen LogP contribution is 2.01. The molecule has 0 aliphatic carbocycles. The highest BCUT2D eigenvalue weighted by atomic mass is 16.4. The SMILES string of the molecule is NC(=O)CC(NC(=O)C(CC(=O)O)NC(=O)C(CO)NC(=O)C(N)Cc1cnc[nH]1)C(=O)O. The number of carbonyl (C=O) groups excluding carboxylic acids is 4. The maximum Gasteiger partial charge on any atom is 0.326 e. The fraction of sp³-hybridized carbons (Fsp3) is 0.471. The van der Waals surface area contributed by atoms with E-state index in [9.17, 15) is 33.9 Å². The monoisotopic (exact) mass is 471 g/mol. The number of primary amides is 1. The van der Waals surface area contributed by atoms with E-state index in [1.165, 1.54) is 12.5 Å². The minimum absolute atomic E-state index is 0.0338. The molecule has 1 aromatic heterocycles. The van der Waals surface area contributed by atoms with Crippen molar-refractivity contribution in [1.29, 1.82) is 0 Å². The van der Waals surface area contributed by atoms with Gasteiger partial charge >= 0.3 is 11.9 Å². The molecule has 1 heterocycles. The zero-order valence-corrected chi connectivity index (χ0v) is 17.2. The normalized spacial score (nSPS) is 14.2. The third-order valence-electron chi connectivity index (χ3n) is 4.18. The Labute approximate surface area is 186 Å². The van der Waals surface area contributed by atoms with Gasteiger partial charge < -0.3 is 47.7 Å². The molecule has 0 aliphatic rings. The first-order chi connectivity index (χ1) is 15.4. The smallest absolute Gasteiger partial charge is 0.326 e. The van der Waals surface area contributed by atoms with Gasteiger partial charge in [0.15, 0.2) is 0 Å². The van der Waals surface area contributed by atoms with E-state index in [1.54, 1.807) is 0 Å². The molecular weight excluding hydrogens is 446 g/mol. The van der Waals surface area contributed by atoms with Crippen molar-refractivity contribution in [3.8, 4) is 0 Å². The summed E-state index contributed by atoms with van der Waals surface area (Å²) in [6.45, 7) is -0.921. The molecule has 4 atom stereocenters. The summed E-state index contributed by atoms with van der Waals surface area (Å²) in [7, 11) is 0. The topological polar surface area (TPSA) is 280 Å². The van der Waals surface area contributed by atoms with Gasteiger partial charge in [0.1, 0.15) is 18.1 Å². The average molecular weight is 471 g/mol. The van der Waals surface area contributed by atoms with Crippen LogP contribution in [0, 0.1) is 0 Å². The Morgan fingerprint density at radius 2 is 1.52 bits per heavy atom. The van der Waals surface area contributed by atoms with Crippen LogP contribution in [0.25, 0.3) is 0 Å². The Hall–Kier alpha value is -4.05. The largest absolute Gasteiger partial charge is 0.481 e. The molecule has 0 saturated heterocycles. The molecule has 0 saturated carbocycles. The van der Waals surface area contributed by atoms with E-state index in [0.717, 1.165) is 0 Å². The highest BCUT2D eigenvalue weighted by molar-refractivity contribution is 5.96. The predicted molar refractivity (Wildman–Crippen MR) is 107 cm³/mol. The van der Waals surface area contributed by atoms with E-state index in [0.29, 0.717) is 5.69 Å². The summed E-state index contributed by atoms with van der Waals surface area (Å²) in [5.41, 5.74) is 11.2. The van der Waals surface area contributed by atoms with E-state index < -0.39 is 79.2 Å². The summed E-state index contributed by atoms with van der Waals surface area (Å²) >= 11 is 0. The molecule has 4 unspecified atom stereocenters. The molecule has 11 N–H and O–H groups in total. The zero-order valence-electron chi connectivity index (χ0n) is 17.2. The summed E-state index contributed by atoms with van der Waals surface area (Å²) in [5, 5.41) is 33.6. The number of carboxylic acids is 2. The van der Waals surface area contributed by atoms with Crippen LogP contribution in [0.4, 0.5) is 0 Å². The molecule has 1 aromatic rings. The molecule has 16 heteroatoms. The molecule has 0 spiro atoms. The first kappa shape index (κ1) is 27.0. The Bertz CT molecular complexity index is 874. The maximum absolute atomic E-state index is 12.4. The lowest BCUT2D eigenvalue weighted by atomic mass is 10.1. The van der Waals surface area contributed by atoms with Gasteiger partial charge in [-0.2, -0.15) is 0 Å². The van der Waals surface area contributed by atoms with Crippen molar-refractivity contribution < 1.29 is 44.1 Å². The molecule has 16 nitrogen and oxygen atoms in total. The van der Waals surface area contributed by atoms with Crippen molar-refractivity contribution >= 4 is 35.6 Å². The third-order valence-corrected chi connectivity index (χ3v) is 4.18. The van der Waals surface area contributed by atoms with E-state index in [1.807, 2.05) is 10.6 Å². The Balaban J connectivity index is 2.83. The number of H-pyrrole nitrogens is 1. The van der Waals surface area contributed by atoms with Gasteiger partial charge in [-0.3, -0.25) is 24.0 Å². The predicted octanol–water partition coefficient (Wildman–Crippen LogP) is -4.84. The summed E-state index contributed by atoms with van der Waals surface area (Å²) < 4.78 is 0. The van der Waals surface area contributed by atoms with Gasteiger partial charge in [-0.15, -0.1) is 0 Å². The second-order valence-electron chi connectivity index (χ2n) is 6.86. The number of nitrogens with zero attached hydrogens (tertiary/aromatic N) is 1. The summed E-state index contributed by atoms with van der Waals surface area (Å²) in [4.78, 5) is 76.7. The number of nitrogens with two attached hydrogens (primary N) is 2. The van der Waals surface area contributed by atoms with Crippen molar-refractivity contribution in [2.45, 2.75) is 43.4 Å². The molecule has 0 fully saturated rings. The van der Waals surface area contributed by atoms with Crippen molar-refractivity contribution in [1.82, 2.24) is 25.9 Å². The van der Waals surface area contributed by atoms with Gasteiger partial charge in [0, 0.05) is 18.3 Å². The summed E-state index contributed by atoms with van der Waals surface area (Å²) in [5.74, 6) is -7.39. The van der Waals surface area contributed by atoms with Crippen LogP contribution in [0.1, 0.15) is 18.5 Å². The second-order valence-corrected chi connectivity index (χ2v) is 6.86. The number of hydrogen-bond donors (Lipinski definition) is 9. The van der Waals surface area contributed by atoms with Crippen LogP contribution in [0.5, 0.6) is 0 Å². The lowest BCUT2D eigenvalue weighted by Gasteiger charge is -2.23. The summed E-state index contributed by atoms with van der Waals surface area (Å²) in [6.07, 6.45) is 1.09. The number of aliphatic hydroxyl groups is 1. The van der Waals surface area contributed by atoms with E-state index in [-0.39, 0.29) is 6.42 Å². The number of aliphatic hydroxyl groups excluding tert-OH is 1. The number of hydrogen-bond acceptors (Lipinski definition) is 9. The first-order valence-corrected chi connectivity index (χ1v) is 9.42. The Morgan fingerprint density at radius 1 is 0.939 bits per heavy atom. The van der Waals surface area contributed by atoms with Gasteiger partial charge in [0.2, 0.25) is 23.6 Å². The Kier molecular flexibility index (Phi) is 10.4. The highest BCUT2D eigenvalue weighted by Gasteiger charge is 2.32. The van der Waals surface area contributed by atoms with Gasteiger partial charge in [-0.25, -0.2) is 9.78 Å². The van der Waals surface area contributed by atoms with Gasteiger partial charge in [-0.05, 0) is 0 Å². The molecule has 1 rings (SSSR count). The minimum Gasteiger partial charge on any atom is -0.481 e. The van der Waals surface area contributed by atoms with Crippen molar-refractivity contribution in [3.63, 3.8) is 0 Å². The third kappa shape index (κ3) is 9.32. The number of aromatic nitrogens is 2. The first-order valence-electron chi connectivity index (χ1n) is 9.42. The number of carboxylic acid groups (broad SMARTS) is 2. The molecule has 182 valence electrons. The molecule has 4 amide bonds. The molecule has 33 heavy (non-hydrogen) atoms. The van der Waals surface area contributed by atoms with Crippen LogP contribution in [0.15, 0.2) is 12.5 Å². The minimum atomic E-state index is -1.80. The number of carbonyl (C=O) groups is 6. The fourth-order valence-corrected chi connectivity index (χ4v) is 2.53. The molecule has 0 radical (unpaired) electrons. The number of aromatic amines is 1. The standard InChI is InChI=1S/C17H25N7O9/c18-8(1-7-4-20-6-21-7)14(29)24-11(5-25)16(31)22-9(3-13(27)28)15(30)23-10(17(32)33)2-12(19)26/h4,6,8-11,25H,1-3,5,18H2,(H2,19,26)(H,20,21)(H,22,31)(H,23,30)(H,24,29)(H,27,28)(H,32,33). The van der Waals surface area contributed by atoms with Gasteiger partial charge in [0.05, 0.1) is 31.8 Å². The lowest BCUT2D eigenvalue weighted by molar-refractivity contribution is -0.145. The van der Waals surface area contributed by atoms with Crippen molar-refractivity contribution in [3.05, 3.63) is 18.2 Å². The van der Waals surface area contributed by atoms with Crippen LogP contribution >= 0.6 is 0 Å². The van der Waals surface area contributed by atoms with Gasteiger partial charge in [0.25, 0.3) is 0 Å².